The quantitative estimate of drug-likeness (QED) is 0.761. The minimum Gasteiger partial charge on any atom is -0.337 e. The van der Waals surface area contributed by atoms with E-state index in [9.17, 15) is 0 Å². The second-order valence-corrected chi connectivity index (χ2v) is 6.02. The van der Waals surface area contributed by atoms with Crippen molar-refractivity contribution >= 4 is 12.2 Å². The Bertz CT molecular complexity index is 390. The molecular weight excluding hydrogens is 204 g/mol. The Hall–Kier alpha value is -0.570. The van der Waals surface area contributed by atoms with Crippen LogP contribution in [-0.4, -0.2) is 9.55 Å². The Morgan fingerprint density at radius 3 is 2.60 bits per heavy atom. The van der Waals surface area contributed by atoms with Crippen LogP contribution in [0.15, 0.2) is 6.20 Å². The van der Waals surface area contributed by atoms with Crippen LogP contribution in [-0.2, 0) is 12.0 Å². The zero-order valence-electron chi connectivity index (χ0n) is 9.84. The third-order valence-electron chi connectivity index (χ3n) is 3.30. The predicted molar refractivity (Wildman–Crippen MR) is 65.7 cm³/mol. The molecule has 0 unspecified atom stereocenters. The summed E-state index contributed by atoms with van der Waals surface area (Å²) in [6.07, 6.45) is 6.21. The topological polar surface area (TPSA) is 20.7 Å². The van der Waals surface area contributed by atoms with Crippen molar-refractivity contribution < 1.29 is 0 Å². The summed E-state index contributed by atoms with van der Waals surface area (Å²) in [6, 6.07) is 0. The van der Waals surface area contributed by atoms with Crippen LogP contribution >= 0.6 is 12.2 Å². The molecular formula is C12H20N2S. The van der Waals surface area contributed by atoms with E-state index in [-0.39, 0.29) is 5.41 Å². The van der Waals surface area contributed by atoms with Crippen LogP contribution in [0.5, 0.6) is 0 Å². The molecule has 0 bridgehead atoms. The predicted octanol–water partition coefficient (Wildman–Crippen LogP) is 3.64. The summed E-state index contributed by atoms with van der Waals surface area (Å²) < 4.78 is 3.17. The summed E-state index contributed by atoms with van der Waals surface area (Å²) >= 11 is 5.34. The number of hydrogen-bond donors (Lipinski definition) is 1. The van der Waals surface area contributed by atoms with Gasteiger partial charge in [-0.1, -0.05) is 27.2 Å². The Kier molecular flexibility index (Phi) is 2.75. The van der Waals surface area contributed by atoms with Gasteiger partial charge < -0.3 is 9.55 Å². The Morgan fingerprint density at radius 1 is 1.47 bits per heavy atom. The summed E-state index contributed by atoms with van der Waals surface area (Å²) in [7, 11) is 0. The number of nitrogens with one attached hydrogen (secondary N) is 1. The van der Waals surface area contributed by atoms with E-state index in [0.717, 1.165) is 17.2 Å². The lowest BCUT2D eigenvalue weighted by Gasteiger charge is -2.28. The molecule has 0 spiro atoms. The van der Waals surface area contributed by atoms with Crippen molar-refractivity contribution in [2.75, 3.05) is 0 Å². The lowest BCUT2D eigenvalue weighted by Crippen LogP contribution is -2.23. The SMILES string of the molecule is CC(C)(C)c1c[nH]c(=S)n1CC1CCC1. The second-order valence-electron chi connectivity index (χ2n) is 5.64. The molecule has 0 radical (unpaired) electrons. The summed E-state index contributed by atoms with van der Waals surface area (Å²) in [6.45, 7) is 7.82. The number of H-pyrrole nitrogens is 1. The van der Waals surface area contributed by atoms with Crippen LogP contribution in [0, 0.1) is 10.7 Å². The van der Waals surface area contributed by atoms with Crippen LogP contribution < -0.4 is 0 Å². The number of aromatic amines is 1. The number of rotatable bonds is 2. The molecule has 1 heterocycles. The van der Waals surface area contributed by atoms with Crippen molar-refractivity contribution in [3.8, 4) is 0 Å². The van der Waals surface area contributed by atoms with Crippen molar-refractivity contribution in [3.63, 3.8) is 0 Å². The van der Waals surface area contributed by atoms with Gasteiger partial charge in [-0.15, -0.1) is 0 Å². The molecule has 0 aromatic carbocycles. The molecule has 0 aliphatic heterocycles. The molecule has 0 amide bonds. The first-order chi connectivity index (χ1) is 6.98. The van der Waals surface area contributed by atoms with Crippen molar-refractivity contribution in [1.29, 1.82) is 0 Å². The van der Waals surface area contributed by atoms with Gasteiger partial charge in [-0.05, 0) is 31.0 Å². The molecule has 1 aliphatic rings. The van der Waals surface area contributed by atoms with Crippen molar-refractivity contribution in [3.05, 3.63) is 16.7 Å². The lowest BCUT2D eigenvalue weighted by atomic mass is 9.85. The largest absolute Gasteiger partial charge is 0.337 e. The highest BCUT2D eigenvalue weighted by atomic mass is 32.1. The zero-order valence-corrected chi connectivity index (χ0v) is 10.7. The average Bonchev–Trinajstić information content (AvgIpc) is 2.39. The van der Waals surface area contributed by atoms with Crippen molar-refractivity contribution in [1.82, 2.24) is 9.55 Å². The molecule has 0 saturated heterocycles. The van der Waals surface area contributed by atoms with Gasteiger partial charge in [0.15, 0.2) is 4.77 Å². The maximum atomic E-state index is 5.34. The van der Waals surface area contributed by atoms with Gasteiger partial charge >= 0.3 is 0 Å². The van der Waals surface area contributed by atoms with Gasteiger partial charge in [-0.3, -0.25) is 0 Å². The molecule has 2 nitrogen and oxygen atoms in total. The van der Waals surface area contributed by atoms with E-state index in [4.69, 9.17) is 12.2 Å². The molecule has 84 valence electrons. The van der Waals surface area contributed by atoms with Crippen LogP contribution in [0.4, 0.5) is 0 Å². The summed E-state index contributed by atoms with van der Waals surface area (Å²) in [5.74, 6) is 0.855. The zero-order chi connectivity index (χ0) is 11.1. The fourth-order valence-corrected chi connectivity index (χ4v) is 2.36. The molecule has 1 saturated carbocycles. The second kappa shape index (κ2) is 3.78. The van der Waals surface area contributed by atoms with Crippen molar-refractivity contribution in [2.45, 2.75) is 52.0 Å². The highest BCUT2D eigenvalue weighted by molar-refractivity contribution is 7.71. The van der Waals surface area contributed by atoms with E-state index in [1.54, 1.807) is 0 Å². The highest BCUT2D eigenvalue weighted by Gasteiger charge is 2.23. The number of nitrogens with zero attached hydrogens (tertiary/aromatic N) is 1. The van der Waals surface area contributed by atoms with E-state index in [1.807, 2.05) is 0 Å². The van der Waals surface area contributed by atoms with Gasteiger partial charge in [-0.2, -0.15) is 0 Å². The van der Waals surface area contributed by atoms with Gasteiger partial charge in [0.2, 0.25) is 0 Å². The Morgan fingerprint density at radius 2 is 2.13 bits per heavy atom. The van der Waals surface area contributed by atoms with E-state index in [0.29, 0.717) is 0 Å². The highest BCUT2D eigenvalue weighted by Crippen LogP contribution is 2.30. The van der Waals surface area contributed by atoms with E-state index < -0.39 is 0 Å². The number of hydrogen-bond acceptors (Lipinski definition) is 1. The lowest BCUT2D eigenvalue weighted by molar-refractivity contribution is 0.269. The van der Waals surface area contributed by atoms with Gasteiger partial charge in [-0.25, -0.2) is 0 Å². The molecule has 1 aliphatic carbocycles. The normalized spacial score (nSPS) is 17.8. The molecule has 1 aromatic heterocycles. The third-order valence-corrected chi connectivity index (χ3v) is 3.64. The monoisotopic (exact) mass is 224 g/mol. The fourth-order valence-electron chi connectivity index (χ4n) is 2.13. The van der Waals surface area contributed by atoms with Gasteiger partial charge in [0.05, 0.1) is 0 Å². The summed E-state index contributed by atoms with van der Waals surface area (Å²) in [4.78, 5) is 3.18. The van der Waals surface area contributed by atoms with Gasteiger partial charge in [0.25, 0.3) is 0 Å². The average molecular weight is 224 g/mol. The van der Waals surface area contributed by atoms with Crippen molar-refractivity contribution in [2.24, 2.45) is 5.92 Å². The molecule has 2 rings (SSSR count). The maximum Gasteiger partial charge on any atom is 0.177 e. The first-order valence-corrected chi connectivity index (χ1v) is 6.18. The maximum absolute atomic E-state index is 5.34. The van der Waals surface area contributed by atoms with Crippen LogP contribution in [0.2, 0.25) is 0 Å². The van der Waals surface area contributed by atoms with Gasteiger partial charge in [0, 0.05) is 23.9 Å². The molecule has 1 fully saturated rings. The Balaban J connectivity index is 2.27. The summed E-state index contributed by atoms with van der Waals surface area (Å²) in [5, 5.41) is 0. The van der Waals surface area contributed by atoms with Crippen LogP contribution in [0.25, 0.3) is 0 Å². The minimum atomic E-state index is 0.178. The molecule has 15 heavy (non-hydrogen) atoms. The standard InChI is InChI=1S/C12H20N2S/c1-12(2,3)10-7-13-11(15)14(10)8-9-5-4-6-9/h7,9H,4-6,8H2,1-3H3,(H,13,15). The van der Waals surface area contributed by atoms with Crippen LogP contribution in [0.1, 0.15) is 45.7 Å². The number of imidazole rings is 1. The third kappa shape index (κ3) is 2.17. The fraction of sp³-hybridized carbons (Fsp3) is 0.750. The molecule has 1 N–H and O–H groups in total. The molecule has 1 aromatic rings. The smallest absolute Gasteiger partial charge is 0.177 e. The van der Waals surface area contributed by atoms with E-state index in [1.165, 1.54) is 25.0 Å². The van der Waals surface area contributed by atoms with E-state index in [2.05, 4.69) is 36.5 Å². The minimum absolute atomic E-state index is 0.178. The number of aromatic nitrogens is 2. The first kappa shape index (κ1) is 10.9. The van der Waals surface area contributed by atoms with Gasteiger partial charge in [0.1, 0.15) is 0 Å². The summed E-state index contributed by atoms with van der Waals surface area (Å²) in [5.41, 5.74) is 1.51. The van der Waals surface area contributed by atoms with Crippen LogP contribution in [0.3, 0.4) is 0 Å². The van der Waals surface area contributed by atoms with E-state index >= 15 is 0 Å². The first-order valence-electron chi connectivity index (χ1n) is 5.77. The molecule has 3 heteroatoms. The Labute approximate surface area is 96.7 Å². The molecule has 0 atom stereocenters.